The Bertz CT molecular complexity index is 3540. The molecule has 0 N–H and O–H groups in total. The second kappa shape index (κ2) is 23.9. The second-order valence-electron chi connectivity index (χ2n) is 21.4. The second-order valence-corrected chi connectivity index (χ2v) is 21.4. The van der Waals surface area contributed by atoms with Crippen LogP contribution >= 0.6 is 0 Å². The molecule has 3 aliphatic rings. The first kappa shape index (κ1) is 57.2. The predicted molar refractivity (Wildman–Crippen MR) is 306 cm³/mol. The molecule has 21 heteroatoms. The molecule has 8 aromatic rings. The van der Waals surface area contributed by atoms with Gasteiger partial charge in [0.1, 0.15) is 70.5 Å². The average Bonchev–Trinajstić information content (AvgIpc) is 2.12. The Kier molecular flexibility index (Phi) is 16.3. The molecule has 3 aliphatic heterocycles. The highest BCUT2D eigenvalue weighted by Gasteiger charge is 2.50. The van der Waals surface area contributed by atoms with E-state index >= 15 is 26.3 Å². The van der Waals surface area contributed by atoms with E-state index in [1.54, 1.807) is 80.0 Å². The molecule has 11 rings (SSSR count). The Balaban J connectivity index is 1.07. The molecular weight excluding hydrogens is 1090 g/mol. The summed E-state index contributed by atoms with van der Waals surface area (Å²) < 4.78 is 134. The Morgan fingerprint density at radius 3 is 1.77 bits per heavy atom. The van der Waals surface area contributed by atoms with Crippen LogP contribution in [0.15, 0.2) is 116 Å². The fraction of sp³-hybridized carbons (Fsp3) is 0.349. The summed E-state index contributed by atoms with van der Waals surface area (Å²) in [6.45, 7) is 4.58. The molecule has 0 amide bonds. The molecule has 0 unspecified atom stereocenters. The van der Waals surface area contributed by atoms with Gasteiger partial charge in [0.15, 0.2) is 17.5 Å². The molecule has 0 saturated carbocycles. The summed E-state index contributed by atoms with van der Waals surface area (Å²) in [7, 11) is 6.24. The monoisotopic (exact) mass is 1160 g/mol. The number of alkyl halides is 4. The smallest absolute Gasteiger partial charge is 0.417 e. The first-order valence-electron chi connectivity index (χ1n) is 27.6. The van der Waals surface area contributed by atoms with Crippen LogP contribution in [-0.2, 0) is 32.4 Å². The van der Waals surface area contributed by atoms with Gasteiger partial charge in [-0.3, -0.25) is 9.88 Å². The van der Waals surface area contributed by atoms with Crippen molar-refractivity contribution in [1.82, 2.24) is 29.8 Å². The summed E-state index contributed by atoms with van der Waals surface area (Å²) in [5.74, 6) is -0.0254. The lowest BCUT2D eigenvalue weighted by Crippen LogP contribution is -2.43. The SMILES string of the molecule is COc1ccc(CN(Cc2ccc(OC)cc2)c2cc(C)c(C(F)(F)F)c(-c3nc4c5c(nc(OC[C@@]67CCCN6C[C@H](F)C7)nc5c3F)N([C@H](C)c3nccnc3N(Cc3ccc(OC)cc3)Cc3ccc(OC)cc3)CCO4)c2F)cc1. The van der Waals surface area contributed by atoms with Crippen LogP contribution in [-0.4, -0.2) is 103 Å². The van der Waals surface area contributed by atoms with Crippen LogP contribution < -0.4 is 43.1 Å². The Labute approximate surface area is 482 Å². The maximum Gasteiger partial charge on any atom is 0.417 e. The zero-order valence-corrected chi connectivity index (χ0v) is 47.4. The van der Waals surface area contributed by atoms with Crippen LogP contribution in [0, 0.1) is 18.6 Å². The highest BCUT2D eigenvalue weighted by molar-refractivity contribution is 5.97. The zero-order valence-electron chi connectivity index (χ0n) is 47.4. The minimum atomic E-state index is -5.21. The van der Waals surface area contributed by atoms with E-state index in [1.807, 2.05) is 65.3 Å². The maximum absolute atomic E-state index is 18.4. The number of anilines is 3. The van der Waals surface area contributed by atoms with E-state index in [4.69, 9.17) is 43.4 Å². The third kappa shape index (κ3) is 11.6. The van der Waals surface area contributed by atoms with E-state index in [9.17, 15) is 0 Å². The molecule has 0 bridgehead atoms. The van der Waals surface area contributed by atoms with Gasteiger partial charge in [-0.25, -0.2) is 23.1 Å². The number of methoxy groups -OCH3 is 4. The number of fused-ring (bicyclic) bond motifs is 1. The first-order valence-corrected chi connectivity index (χ1v) is 27.6. The summed E-state index contributed by atoms with van der Waals surface area (Å²) >= 11 is 0. The lowest BCUT2D eigenvalue weighted by atomic mass is 9.95. The van der Waals surface area contributed by atoms with Crippen molar-refractivity contribution in [3.8, 4) is 46.1 Å². The quantitative estimate of drug-likeness (QED) is 0.0670. The van der Waals surface area contributed by atoms with Crippen LogP contribution in [0.1, 0.15) is 71.3 Å². The van der Waals surface area contributed by atoms with Gasteiger partial charge in [0, 0.05) is 51.5 Å². The van der Waals surface area contributed by atoms with Crippen molar-refractivity contribution in [2.24, 2.45) is 0 Å². The van der Waals surface area contributed by atoms with Crippen LogP contribution in [0.25, 0.3) is 22.2 Å². The molecule has 0 aliphatic carbocycles. The van der Waals surface area contributed by atoms with E-state index in [0.29, 0.717) is 71.7 Å². The van der Waals surface area contributed by atoms with Crippen molar-refractivity contribution < 1.29 is 54.8 Å². The van der Waals surface area contributed by atoms with Gasteiger partial charge in [-0.15, -0.1) is 0 Å². The molecule has 0 spiro atoms. The minimum Gasteiger partial charge on any atom is -0.497 e. The van der Waals surface area contributed by atoms with Gasteiger partial charge in [-0.1, -0.05) is 48.5 Å². The number of hydrogen-bond acceptors (Lipinski definition) is 15. The highest BCUT2D eigenvalue weighted by atomic mass is 19.4. The molecule has 84 heavy (non-hydrogen) atoms. The average molecular weight is 1160 g/mol. The zero-order chi connectivity index (χ0) is 58.9. The first-order chi connectivity index (χ1) is 40.6. The third-order valence-corrected chi connectivity index (χ3v) is 16.1. The molecule has 5 aromatic carbocycles. The van der Waals surface area contributed by atoms with Crippen LogP contribution in [0.2, 0.25) is 0 Å². The molecule has 2 fully saturated rings. The van der Waals surface area contributed by atoms with Gasteiger partial charge in [0.25, 0.3) is 0 Å². The Hall–Kier alpha value is -8.59. The Morgan fingerprint density at radius 1 is 0.702 bits per heavy atom. The standard InChI is InChI=1S/C63H63F6N9O6/c1-38-30-49(75(32-40-8-16-45(79-3)17-9-40)33-41-10-18-46(80-4)19-11-41)53(65)50(52(38)63(67,68)69)56-54(66)57-51-58(74-61(73-57)84-37-62-24-7-27-77(62)36-44(64)31-62)78(28-29-83-60(51)72-56)39(2)55-59(71-26-25-70-55)76(34-42-12-20-47(81-5)21-13-42)35-43-14-22-48(82-6)23-15-43/h8-23,25-26,30,39,44H,7,24,27-29,31-37H2,1-6H3/t39-,44-,62+/m1/s1. The molecular formula is C63H63F6N9O6. The number of aromatic nitrogens is 5. The molecule has 15 nitrogen and oxygen atoms in total. The summed E-state index contributed by atoms with van der Waals surface area (Å²) in [6.07, 6.45) is -1.54. The molecule has 3 aromatic heterocycles. The van der Waals surface area contributed by atoms with Crippen molar-refractivity contribution in [2.45, 2.75) is 83.2 Å². The van der Waals surface area contributed by atoms with Crippen molar-refractivity contribution in [3.05, 3.63) is 166 Å². The molecule has 6 heterocycles. The van der Waals surface area contributed by atoms with E-state index in [1.165, 1.54) is 21.1 Å². The Morgan fingerprint density at radius 2 is 1.24 bits per heavy atom. The number of nitrogens with zero attached hydrogens (tertiary/aromatic N) is 9. The van der Waals surface area contributed by atoms with E-state index < -0.39 is 57.9 Å². The van der Waals surface area contributed by atoms with Gasteiger partial charge < -0.3 is 43.1 Å². The van der Waals surface area contributed by atoms with Crippen molar-refractivity contribution in [3.63, 3.8) is 0 Å². The van der Waals surface area contributed by atoms with Crippen LogP contribution in [0.3, 0.4) is 0 Å². The fourth-order valence-electron chi connectivity index (χ4n) is 11.9. The van der Waals surface area contributed by atoms with E-state index in [-0.39, 0.29) is 80.2 Å². The van der Waals surface area contributed by atoms with Gasteiger partial charge in [0.2, 0.25) is 5.88 Å². The predicted octanol–water partition coefficient (Wildman–Crippen LogP) is 12.5. The summed E-state index contributed by atoms with van der Waals surface area (Å²) in [4.78, 5) is 31.5. The molecule has 0 radical (unpaired) electrons. The number of aryl methyl sites for hydroxylation is 1. The highest BCUT2D eigenvalue weighted by Crippen LogP contribution is 2.49. The minimum absolute atomic E-state index is 0.0147. The summed E-state index contributed by atoms with van der Waals surface area (Å²) in [5, 5.41) is -0.0976. The largest absolute Gasteiger partial charge is 0.497 e. The number of benzene rings is 5. The van der Waals surface area contributed by atoms with Gasteiger partial charge in [-0.05, 0) is 116 Å². The van der Waals surface area contributed by atoms with E-state index in [2.05, 4.69) is 14.9 Å². The van der Waals surface area contributed by atoms with Crippen LogP contribution in [0.5, 0.6) is 34.9 Å². The van der Waals surface area contributed by atoms with Gasteiger partial charge >= 0.3 is 12.2 Å². The number of halogens is 6. The van der Waals surface area contributed by atoms with Crippen LogP contribution in [0.4, 0.5) is 43.7 Å². The number of ether oxygens (including phenoxy) is 6. The summed E-state index contributed by atoms with van der Waals surface area (Å²) in [5.41, 5.74) is -1.71. The van der Waals surface area contributed by atoms with Gasteiger partial charge in [-0.2, -0.15) is 23.1 Å². The van der Waals surface area contributed by atoms with Gasteiger partial charge in [0.05, 0.1) is 63.4 Å². The van der Waals surface area contributed by atoms with Crippen molar-refractivity contribution in [1.29, 1.82) is 0 Å². The lowest BCUT2D eigenvalue weighted by molar-refractivity contribution is -0.137. The van der Waals surface area contributed by atoms with Crippen molar-refractivity contribution in [2.75, 3.05) is 76.0 Å². The molecule has 438 valence electrons. The maximum atomic E-state index is 18.4. The third-order valence-electron chi connectivity index (χ3n) is 16.1. The lowest BCUT2D eigenvalue weighted by Gasteiger charge is -2.33. The normalized spacial score (nSPS) is 17.1. The summed E-state index contributed by atoms with van der Waals surface area (Å²) in [6, 6.07) is 29.4. The number of hydrogen-bond donors (Lipinski definition) is 0. The van der Waals surface area contributed by atoms with Crippen molar-refractivity contribution >= 4 is 28.2 Å². The number of pyridine rings is 1. The van der Waals surface area contributed by atoms with E-state index in [0.717, 1.165) is 23.6 Å². The fourth-order valence-corrected chi connectivity index (χ4v) is 11.9. The molecule has 3 atom stereocenters. The topological polar surface area (TPSA) is 133 Å². The number of rotatable bonds is 20. The molecule has 2 saturated heterocycles.